The number of hydrogen-bond acceptors (Lipinski definition) is 8. The molecule has 0 unspecified atom stereocenters. The van der Waals surface area contributed by atoms with Crippen molar-refractivity contribution in [2.75, 3.05) is 24.3 Å². The predicted molar refractivity (Wildman–Crippen MR) is 91.9 cm³/mol. The smallest absolute Gasteiger partial charge is 0.347 e. The maximum atomic E-state index is 11.7. The van der Waals surface area contributed by atoms with Crippen LogP contribution in [0, 0.1) is 0 Å². The summed E-state index contributed by atoms with van der Waals surface area (Å²) in [6.45, 7) is 3.51. The van der Waals surface area contributed by atoms with Crippen LogP contribution in [0.1, 0.15) is 13.8 Å². The van der Waals surface area contributed by atoms with Crippen molar-refractivity contribution < 1.29 is 23.5 Å². The highest BCUT2D eigenvalue weighted by Gasteiger charge is 2.20. The highest BCUT2D eigenvalue weighted by Crippen LogP contribution is 2.23. The number of oxazole rings is 1. The van der Waals surface area contributed by atoms with Crippen molar-refractivity contribution in [3.05, 3.63) is 30.0 Å². The highest BCUT2D eigenvalue weighted by atomic mass is 16.6. The Morgan fingerprint density at radius 2 is 1.96 bits per heavy atom. The molecule has 9 heteroatoms. The van der Waals surface area contributed by atoms with Crippen LogP contribution in [0.25, 0.3) is 11.1 Å². The molecule has 2 aromatic rings. The molecule has 0 radical (unpaired) electrons. The van der Waals surface area contributed by atoms with Gasteiger partial charge in [-0.15, -0.1) is 0 Å². The quantitative estimate of drug-likeness (QED) is 0.148. The second-order valence-electron chi connectivity index (χ2n) is 4.62. The molecule has 0 aliphatic rings. The zero-order valence-corrected chi connectivity index (χ0v) is 13.8. The van der Waals surface area contributed by atoms with Gasteiger partial charge in [0, 0.05) is 0 Å². The molecule has 132 valence electrons. The van der Waals surface area contributed by atoms with Gasteiger partial charge in [0.25, 0.3) is 0 Å². The van der Waals surface area contributed by atoms with Gasteiger partial charge in [0.2, 0.25) is 0 Å². The second kappa shape index (κ2) is 8.48. The minimum atomic E-state index is -0.812. The normalized spacial score (nSPS) is 10.6. The van der Waals surface area contributed by atoms with Crippen molar-refractivity contribution in [2.24, 2.45) is 4.99 Å². The molecule has 0 atom stereocenters. The number of carbonyl (C=O) groups excluding carboxylic acids is 2. The van der Waals surface area contributed by atoms with Gasteiger partial charge in [0.05, 0.1) is 31.4 Å². The number of para-hydroxylation sites is 1. The average Bonchev–Trinajstić information content (AvgIpc) is 2.99. The van der Waals surface area contributed by atoms with E-state index in [0.717, 1.165) is 6.20 Å². The van der Waals surface area contributed by atoms with Crippen LogP contribution in [0.2, 0.25) is 0 Å². The molecule has 0 aliphatic carbocycles. The molecule has 0 aliphatic heterocycles. The summed E-state index contributed by atoms with van der Waals surface area (Å²) in [5.41, 5.74) is 7.00. The molecule has 0 saturated heterocycles. The first-order valence-electron chi connectivity index (χ1n) is 7.54. The van der Waals surface area contributed by atoms with E-state index in [1.54, 1.807) is 32.0 Å². The third-order valence-electron chi connectivity index (χ3n) is 2.91. The highest BCUT2D eigenvalue weighted by molar-refractivity contribution is 6.14. The lowest BCUT2D eigenvalue weighted by atomic mass is 10.3. The summed E-state index contributed by atoms with van der Waals surface area (Å²) >= 11 is 0. The van der Waals surface area contributed by atoms with Crippen LogP contribution in [0.15, 0.2) is 39.4 Å². The van der Waals surface area contributed by atoms with Crippen molar-refractivity contribution in [3.8, 4) is 0 Å². The first-order valence-corrected chi connectivity index (χ1v) is 7.54. The number of hydrogen-bond donors (Lipinski definition) is 2. The first kappa shape index (κ1) is 18.0. The fourth-order valence-corrected chi connectivity index (χ4v) is 1.84. The first-order chi connectivity index (χ1) is 12.1. The van der Waals surface area contributed by atoms with E-state index in [4.69, 9.17) is 19.6 Å². The summed E-state index contributed by atoms with van der Waals surface area (Å²) in [5, 5.41) is 2.68. The van der Waals surface area contributed by atoms with Gasteiger partial charge in [-0.3, -0.25) is 5.32 Å². The van der Waals surface area contributed by atoms with E-state index in [9.17, 15) is 9.59 Å². The lowest BCUT2D eigenvalue weighted by Gasteiger charge is -2.04. The number of nitrogen functional groups attached to an aromatic ring is 1. The second-order valence-corrected chi connectivity index (χ2v) is 4.62. The molecule has 3 N–H and O–H groups in total. The van der Waals surface area contributed by atoms with Crippen molar-refractivity contribution >= 4 is 41.1 Å². The zero-order chi connectivity index (χ0) is 18.2. The zero-order valence-electron chi connectivity index (χ0n) is 13.8. The molecule has 1 aromatic carbocycles. The number of esters is 2. The van der Waals surface area contributed by atoms with E-state index in [1.165, 1.54) is 6.34 Å². The number of nitrogens with two attached hydrogens (primary N) is 1. The number of nitrogens with one attached hydrogen (secondary N) is 1. The van der Waals surface area contributed by atoms with E-state index in [2.05, 4.69) is 15.3 Å². The molecule has 2 rings (SSSR count). The van der Waals surface area contributed by atoms with E-state index in [0.29, 0.717) is 16.8 Å². The maximum Gasteiger partial charge on any atom is 0.347 e. The minimum absolute atomic E-state index is 0.127. The molecule has 0 bridgehead atoms. The lowest BCUT2D eigenvalue weighted by Crippen LogP contribution is -2.18. The largest absolute Gasteiger partial charge is 0.462 e. The molecule has 1 aromatic heterocycles. The van der Waals surface area contributed by atoms with Gasteiger partial charge in [0.1, 0.15) is 5.52 Å². The third kappa shape index (κ3) is 4.56. The number of anilines is 2. The molecule has 0 spiro atoms. The Balaban J connectivity index is 2.11. The van der Waals surface area contributed by atoms with Crippen molar-refractivity contribution in [1.29, 1.82) is 0 Å². The Morgan fingerprint density at radius 3 is 2.56 bits per heavy atom. The van der Waals surface area contributed by atoms with Gasteiger partial charge in [-0.25, -0.2) is 14.6 Å². The van der Waals surface area contributed by atoms with Crippen LogP contribution in [-0.2, 0) is 19.1 Å². The van der Waals surface area contributed by atoms with Crippen molar-refractivity contribution in [3.63, 3.8) is 0 Å². The number of benzene rings is 1. The summed E-state index contributed by atoms with van der Waals surface area (Å²) in [5.74, 6) is -1.62. The Morgan fingerprint density at radius 1 is 1.28 bits per heavy atom. The number of ether oxygens (including phenoxy) is 2. The molecule has 0 amide bonds. The fraction of sp³-hybridized carbons (Fsp3) is 0.250. The van der Waals surface area contributed by atoms with Gasteiger partial charge in [-0.1, -0.05) is 6.07 Å². The Kier molecular flexibility index (Phi) is 6.10. The summed E-state index contributed by atoms with van der Waals surface area (Å²) in [4.78, 5) is 31.5. The maximum absolute atomic E-state index is 11.7. The molecule has 9 nitrogen and oxygen atoms in total. The Labute approximate surface area is 143 Å². The predicted octanol–water partition coefficient (Wildman–Crippen LogP) is 1.86. The van der Waals surface area contributed by atoms with Gasteiger partial charge >= 0.3 is 18.0 Å². The average molecular weight is 346 g/mol. The van der Waals surface area contributed by atoms with Crippen LogP contribution < -0.4 is 11.1 Å². The van der Waals surface area contributed by atoms with E-state index < -0.39 is 11.9 Å². The summed E-state index contributed by atoms with van der Waals surface area (Å²) < 4.78 is 15.0. The van der Waals surface area contributed by atoms with Crippen LogP contribution in [-0.4, -0.2) is 36.5 Å². The summed E-state index contributed by atoms with van der Waals surface area (Å²) in [6.07, 6.45) is 2.25. The monoisotopic (exact) mass is 346 g/mol. The molecular formula is C16H18N4O5. The van der Waals surface area contributed by atoms with Gasteiger partial charge < -0.3 is 19.6 Å². The van der Waals surface area contributed by atoms with Crippen LogP contribution in [0.5, 0.6) is 0 Å². The van der Waals surface area contributed by atoms with Gasteiger partial charge in [-0.05, 0) is 26.0 Å². The minimum Gasteiger partial charge on any atom is -0.462 e. The molecular weight excluding hydrogens is 328 g/mol. The van der Waals surface area contributed by atoms with Gasteiger partial charge in [-0.2, -0.15) is 4.98 Å². The number of fused-ring (bicyclic) bond motifs is 1. The number of carbonyl (C=O) groups is 2. The van der Waals surface area contributed by atoms with Crippen molar-refractivity contribution in [1.82, 2.24) is 4.98 Å². The number of rotatable bonds is 7. The van der Waals surface area contributed by atoms with Crippen LogP contribution in [0.4, 0.5) is 11.7 Å². The fourth-order valence-electron chi connectivity index (χ4n) is 1.84. The summed E-state index contributed by atoms with van der Waals surface area (Å²) in [7, 11) is 0. The van der Waals surface area contributed by atoms with Crippen LogP contribution in [0.3, 0.4) is 0 Å². The Hall–Kier alpha value is -3.36. The topological polar surface area (TPSA) is 129 Å². The van der Waals surface area contributed by atoms with E-state index in [-0.39, 0.29) is 24.8 Å². The molecule has 0 fully saturated rings. The summed E-state index contributed by atoms with van der Waals surface area (Å²) in [6, 6.07) is 5.34. The molecule has 1 heterocycles. The standard InChI is InChI=1S/C16H18N4O5/c1-3-23-14(21)10(15(22)24-4-2)8-18-9-19-16-20-13-11(17)6-5-7-12(13)25-16/h5-9H,3-4,17H2,1-2H3,(H,18,19,20). The van der Waals surface area contributed by atoms with E-state index >= 15 is 0 Å². The SMILES string of the molecule is CCOC(=O)C(=CN=CNc1nc2c(N)cccc2o1)C(=O)OCC. The lowest BCUT2D eigenvalue weighted by molar-refractivity contribution is -0.146. The van der Waals surface area contributed by atoms with Crippen molar-refractivity contribution in [2.45, 2.75) is 13.8 Å². The number of nitrogens with zero attached hydrogens (tertiary/aromatic N) is 2. The Bertz CT molecular complexity index is 805. The van der Waals surface area contributed by atoms with E-state index in [1.807, 2.05) is 0 Å². The molecule has 25 heavy (non-hydrogen) atoms. The number of aliphatic imine (C=N–C) groups is 1. The van der Waals surface area contributed by atoms with Crippen LogP contribution >= 0.6 is 0 Å². The number of aromatic nitrogens is 1. The molecule has 0 saturated carbocycles. The third-order valence-corrected chi connectivity index (χ3v) is 2.91. The van der Waals surface area contributed by atoms with Gasteiger partial charge in [0.15, 0.2) is 11.2 Å².